The number of rotatable bonds is 4. The number of fused-ring (bicyclic) bond motifs is 1. The first-order valence-corrected chi connectivity index (χ1v) is 10.8. The van der Waals surface area contributed by atoms with Crippen LogP contribution in [0.4, 0.5) is 11.4 Å². The topological polar surface area (TPSA) is 67.9 Å². The Balaban J connectivity index is 1.65. The summed E-state index contributed by atoms with van der Waals surface area (Å²) in [5, 5.41) is 3.21. The number of nitrogens with zero attached hydrogens (tertiary/aromatic N) is 1. The van der Waals surface area contributed by atoms with Gasteiger partial charge in [0.15, 0.2) is 11.5 Å². The molecule has 2 aliphatic heterocycles. The molecule has 2 aliphatic rings. The quantitative estimate of drug-likeness (QED) is 0.576. The van der Waals surface area contributed by atoms with E-state index in [0.717, 1.165) is 27.8 Å². The number of carbonyl (C=O) groups is 2. The van der Waals surface area contributed by atoms with Crippen molar-refractivity contribution in [3.05, 3.63) is 88.1 Å². The lowest BCUT2D eigenvalue weighted by molar-refractivity contribution is -0.120. The lowest BCUT2D eigenvalue weighted by Gasteiger charge is -2.19. The first kappa shape index (κ1) is 20.8. The van der Waals surface area contributed by atoms with Gasteiger partial charge in [0.2, 0.25) is 6.79 Å². The van der Waals surface area contributed by atoms with E-state index in [1.165, 1.54) is 4.90 Å². The molecular formula is C27H24N2O4. The van der Waals surface area contributed by atoms with Crippen LogP contribution in [0.2, 0.25) is 0 Å². The average molecular weight is 440 g/mol. The number of benzene rings is 3. The smallest absolute Gasteiger partial charge is 0.282 e. The fraction of sp³-hybridized carbons (Fsp3) is 0.185. The van der Waals surface area contributed by atoms with E-state index in [1.54, 1.807) is 24.3 Å². The molecule has 2 amide bonds. The molecule has 0 unspecified atom stereocenters. The summed E-state index contributed by atoms with van der Waals surface area (Å²) in [6.07, 6.45) is 0. The Kier molecular flexibility index (Phi) is 4.93. The predicted octanol–water partition coefficient (Wildman–Crippen LogP) is 5.05. The maximum Gasteiger partial charge on any atom is 0.282 e. The average Bonchev–Trinajstić information content (AvgIpc) is 3.33. The van der Waals surface area contributed by atoms with Gasteiger partial charge in [0.05, 0.1) is 11.3 Å². The Labute approximate surface area is 192 Å². The van der Waals surface area contributed by atoms with Crippen LogP contribution >= 0.6 is 0 Å². The molecule has 0 fully saturated rings. The number of anilines is 2. The van der Waals surface area contributed by atoms with Crippen LogP contribution in [0.3, 0.4) is 0 Å². The number of nitrogens with one attached hydrogen (secondary N) is 1. The second kappa shape index (κ2) is 7.81. The summed E-state index contributed by atoms with van der Waals surface area (Å²) < 4.78 is 10.9. The van der Waals surface area contributed by atoms with Gasteiger partial charge >= 0.3 is 0 Å². The van der Waals surface area contributed by atoms with Crippen LogP contribution in [-0.4, -0.2) is 18.6 Å². The van der Waals surface area contributed by atoms with Crippen molar-refractivity contribution in [2.24, 2.45) is 0 Å². The predicted molar refractivity (Wildman–Crippen MR) is 127 cm³/mol. The summed E-state index contributed by atoms with van der Waals surface area (Å²) >= 11 is 0. The molecular weight excluding hydrogens is 416 g/mol. The van der Waals surface area contributed by atoms with Crippen molar-refractivity contribution in [1.29, 1.82) is 0 Å². The zero-order valence-corrected chi connectivity index (χ0v) is 19.0. The molecule has 0 saturated heterocycles. The van der Waals surface area contributed by atoms with Crippen LogP contribution in [0, 0.1) is 27.7 Å². The number of hydrogen-bond donors (Lipinski definition) is 1. The Hall–Kier alpha value is -4.06. The van der Waals surface area contributed by atoms with Crippen molar-refractivity contribution in [2.45, 2.75) is 27.7 Å². The molecule has 0 bridgehead atoms. The Morgan fingerprint density at radius 3 is 2.39 bits per heavy atom. The Bertz CT molecular complexity index is 1360. The highest BCUT2D eigenvalue weighted by molar-refractivity contribution is 6.46. The van der Waals surface area contributed by atoms with Crippen LogP contribution in [0.1, 0.15) is 27.8 Å². The van der Waals surface area contributed by atoms with E-state index in [1.807, 2.05) is 58.0 Å². The highest BCUT2D eigenvalue weighted by Crippen LogP contribution is 2.39. The molecule has 0 radical (unpaired) electrons. The summed E-state index contributed by atoms with van der Waals surface area (Å²) in [5.74, 6) is 0.511. The third kappa shape index (κ3) is 3.44. The summed E-state index contributed by atoms with van der Waals surface area (Å²) in [6.45, 7) is 8.00. The maximum absolute atomic E-state index is 13.8. The van der Waals surface area contributed by atoms with Crippen molar-refractivity contribution in [1.82, 2.24) is 0 Å². The van der Waals surface area contributed by atoms with Gasteiger partial charge in [-0.15, -0.1) is 0 Å². The van der Waals surface area contributed by atoms with E-state index in [4.69, 9.17) is 9.47 Å². The summed E-state index contributed by atoms with van der Waals surface area (Å²) in [4.78, 5) is 28.7. The van der Waals surface area contributed by atoms with Crippen LogP contribution in [-0.2, 0) is 9.59 Å². The summed E-state index contributed by atoms with van der Waals surface area (Å²) in [7, 11) is 0. The third-order valence-electron chi connectivity index (χ3n) is 6.19. The largest absolute Gasteiger partial charge is 0.454 e. The highest BCUT2D eigenvalue weighted by atomic mass is 16.7. The van der Waals surface area contributed by atoms with Crippen LogP contribution in [0.15, 0.2) is 60.3 Å². The summed E-state index contributed by atoms with van der Waals surface area (Å²) in [5.41, 5.74) is 6.49. The number of aryl methyl sites for hydroxylation is 3. The van der Waals surface area contributed by atoms with Gasteiger partial charge in [0.1, 0.15) is 5.70 Å². The Morgan fingerprint density at radius 1 is 0.818 bits per heavy atom. The number of imide groups is 1. The number of ether oxygens (including phenoxy) is 2. The van der Waals surface area contributed by atoms with Gasteiger partial charge in [-0.2, -0.15) is 0 Å². The third-order valence-corrected chi connectivity index (χ3v) is 6.19. The van der Waals surface area contributed by atoms with Gasteiger partial charge in [0.25, 0.3) is 11.8 Å². The van der Waals surface area contributed by atoms with E-state index in [2.05, 4.69) is 5.32 Å². The van der Waals surface area contributed by atoms with Crippen LogP contribution in [0.5, 0.6) is 11.5 Å². The van der Waals surface area contributed by atoms with Crippen molar-refractivity contribution >= 4 is 28.8 Å². The molecule has 0 saturated carbocycles. The van der Waals surface area contributed by atoms with Crippen molar-refractivity contribution < 1.29 is 19.1 Å². The van der Waals surface area contributed by atoms with Gasteiger partial charge in [-0.05, 0) is 68.1 Å². The zero-order valence-electron chi connectivity index (χ0n) is 19.0. The van der Waals surface area contributed by atoms with Gasteiger partial charge in [-0.1, -0.05) is 35.9 Å². The molecule has 6 heteroatoms. The molecule has 2 heterocycles. The molecule has 3 aromatic rings. The molecule has 5 rings (SSSR count). The van der Waals surface area contributed by atoms with E-state index in [0.29, 0.717) is 28.4 Å². The second-order valence-electron chi connectivity index (χ2n) is 8.43. The maximum atomic E-state index is 13.8. The Morgan fingerprint density at radius 2 is 1.61 bits per heavy atom. The standard InChI is InChI=1S/C27H24N2O4/c1-15-8-10-20(17(3)12-15)24-25(28-19-9-11-22-23(13-19)33-14-32-22)27(31)29(26(24)30)21-7-5-6-16(2)18(21)4/h5-13,28H,14H2,1-4H3. The highest BCUT2D eigenvalue weighted by Gasteiger charge is 2.41. The fourth-order valence-electron chi connectivity index (χ4n) is 4.30. The van der Waals surface area contributed by atoms with Crippen LogP contribution in [0.25, 0.3) is 5.57 Å². The minimum Gasteiger partial charge on any atom is -0.454 e. The van der Waals surface area contributed by atoms with E-state index >= 15 is 0 Å². The van der Waals surface area contributed by atoms with Gasteiger partial charge < -0.3 is 14.8 Å². The first-order chi connectivity index (χ1) is 15.8. The van der Waals surface area contributed by atoms with E-state index in [9.17, 15) is 9.59 Å². The van der Waals surface area contributed by atoms with Gasteiger partial charge in [-0.25, -0.2) is 4.90 Å². The van der Waals surface area contributed by atoms with E-state index < -0.39 is 0 Å². The van der Waals surface area contributed by atoms with Gasteiger partial charge in [0, 0.05) is 11.8 Å². The minimum atomic E-state index is -0.388. The van der Waals surface area contributed by atoms with Crippen molar-refractivity contribution in [3.63, 3.8) is 0 Å². The molecule has 3 aromatic carbocycles. The minimum absolute atomic E-state index is 0.160. The number of hydrogen-bond acceptors (Lipinski definition) is 5. The molecule has 0 spiro atoms. The molecule has 0 atom stereocenters. The second-order valence-corrected chi connectivity index (χ2v) is 8.43. The monoisotopic (exact) mass is 440 g/mol. The van der Waals surface area contributed by atoms with Crippen molar-refractivity contribution in [3.8, 4) is 11.5 Å². The number of amides is 2. The summed E-state index contributed by atoms with van der Waals surface area (Å²) in [6, 6.07) is 16.9. The molecule has 1 N–H and O–H groups in total. The molecule has 166 valence electrons. The molecule has 33 heavy (non-hydrogen) atoms. The molecule has 0 aromatic heterocycles. The normalized spacial score (nSPS) is 15.0. The molecule has 6 nitrogen and oxygen atoms in total. The van der Waals surface area contributed by atoms with E-state index in [-0.39, 0.29) is 24.3 Å². The van der Waals surface area contributed by atoms with Crippen LogP contribution < -0.4 is 19.7 Å². The fourth-order valence-corrected chi connectivity index (χ4v) is 4.30. The zero-order chi connectivity index (χ0) is 23.3. The number of carbonyl (C=O) groups excluding carboxylic acids is 2. The lowest BCUT2D eigenvalue weighted by Crippen LogP contribution is -2.33. The molecule has 0 aliphatic carbocycles. The first-order valence-electron chi connectivity index (χ1n) is 10.8. The van der Waals surface area contributed by atoms with Gasteiger partial charge in [-0.3, -0.25) is 9.59 Å². The van der Waals surface area contributed by atoms with Crippen molar-refractivity contribution in [2.75, 3.05) is 17.0 Å². The SMILES string of the molecule is Cc1ccc(C2=C(Nc3ccc4c(c3)OCO4)C(=O)N(c3cccc(C)c3C)C2=O)c(C)c1. The lowest BCUT2D eigenvalue weighted by atomic mass is 9.97.